The molecular formula is C16H23N3O2. The van der Waals surface area contributed by atoms with E-state index in [0.717, 1.165) is 11.4 Å². The molecule has 1 saturated heterocycles. The maximum absolute atomic E-state index is 12.8. The van der Waals surface area contributed by atoms with Crippen LogP contribution >= 0.6 is 0 Å². The molecule has 0 spiro atoms. The Kier molecular flexibility index (Phi) is 4.21. The van der Waals surface area contributed by atoms with Gasteiger partial charge in [-0.3, -0.25) is 9.59 Å². The Morgan fingerprint density at radius 2 is 2.05 bits per heavy atom. The van der Waals surface area contributed by atoms with Gasteiger partial charge in [0.05, 0.1) is 0 Å². The van der Waals surface area contributed by atoms with Crippen LogP contribution in [0, 0.1) is 0 Å². The predicted molar refractivity (Wildman–Crippen MR) is 84.6 cm³/mol. The molecule has 1 N–H and O–H groups in total. The minimum Gasteiger partial charge on any atom is -0.378 e. The fraction of sp³-hybridized carbons (Fsp3) is 0.500. The van der Waals surface area contributed by atoms with Gasteiger partial charge in [-0.15, -0.1) is 0 Å². The van der Waals surface area contributed by atoms with Crippen LogP contribution in [-0.2, 0) is 9.59 Å². The number of carbonyl (C=O) groups is 2. The van der Waals surface area contributed by atoms with E-state index in [0.29, 0.717) is 19.4 Å². The Balaban J connectivity index is 2.39. The second-order valence-electron chi connectivity index (χ2n) is 5.85. The Hall–Kier alpha value is -2.04. The van der Waals surface area contributed by atoms with Crippen molar-refractivity contribution in [2.75, 3.05) is 30.4 Å². The number of hydrogen-bond acceptors (Lipinski definition) is 3. The van der Waals surface area contributed by atoms with Gasteiger partial charge in [0.15, 0.2) is 0 Å². The number of hydrogen-bond donors (Lipinski definition) is 1. The Morgan fingerprint density at radius 1 is 1.33 bits per heavy atom. The van der Waals surface area contributed by atoms with Crippen molar-refractivity contribution in [3.63, 3.8) is 0 Å². The van der Waals surface area contributed by atoms with Crippen LogP contribution in [0.2, 0.25) is 0 Å². The molecule has 1 aromatic rings. The lowest BCUT2D eigenvalue weighted by molar-refractivity contribution is -0.129. The number of anilines is 2. The molecule has 2 amide bonds. The number of nitrogens with zero attached hydrogens (tertiary/aromatic N) is 2. The van der Waals surface area contributed by atoms with Gasteiger partial charge in [0.25, 0.3) is 5.91 Å². The maximum atomic E-state index is 12.8. The summed E-state index contributed by atoms with van der Waals surface area (Å²) in [5, 5.41) is 2.85. The lowest BCUT2D eigenvalue weighted by Crippen LogP contribution is -2.54. The quantitative estimate of drug-likeness (QED) is 0.922. The van der Waals surface area contributed by atoms with Crippen molar-refractivity contribution in [1.29, 1.82) is 0 Å². The van der Waals surface area contributed by atoms with Crippen molar-refractivity contribution in [2.24, 2.45) is 0 Å². The van der Waals surface area contributed by atoms with E-state index >= 15 is 0 Å². The predicted octanol–water partition coefficient (Wildman–Crippen LogP) is 1.77. The summed E-state index contributed by atoms with van der Waals surface area (Å²) in [6.07, 6.45) is 0.898. The zero-order chi connectivity index (χ0) is 15.6. The lowest BCUT2D eigenvalue weighted by atomic mass is 9.97. The van der Waals surface area contributed by atoms with Gasteiger partial charge in [-0.1, -0.05) is 13.0 Å². The highest BCUT2D eigenvalue weighted by Crippen LogP contribution is 2.26. The third-order valence-electron chi connectivity index (χ3n) is 4.06. The van der Waals surface area contributed by atoms with Crippen molar-refractivity contribution < 1.29 is 9.59 Å². The van der Waals surface area contributed by atoms with Gasteiger partial charge < -0.3 is 15.1 Å². The van der Waals surface area contributed by atoms with Crippen molar-refractivity contribution in [2.45, 2.75) is 32.2 Å². The second kappa shape index (κ2) is 5.76. The minimum absolute atomic E-state index is 0.0493. The van der Waals surface area contributed by atoms with Gasteiger partial charge >= 0.3 is 0 Å². The third kappa shape index (κ3) is 3.01. The molecule has 21 heavy (non-hydrogen) atoms. The van der Waals surface area contributed by atoms with E-state index in [1.807, 2.05) is 50.2 Å². The molecule has 1 atom stereocenters. The first-order valence-electron chi connectivity index (χ1n) is 7.28. The summed E-state index contributed by atoms with van der Waals surface area (Å²) >= 11 is 0. The van der Waals surface area contributed by atoms with E-state index in [9.17, 15) is 9.59 Å². The molecule has 0 saturated carbocycles. The van der Waals surface area contributed by atoms with E-state index in [4.69, 9.17) is 0 Å². The number of nitrogens with one attached hydrogen (secondary N) is 1. The molecule has 1 aliphatic rings. The van der Waals surface area contributed by atoms with E-state index < -0.39 is 5.54 Å². The zero-order valence-electron chi connectivity index (χ0n) is 13.1. The van der Waals surface area contributed by atoms with E-state index in [-0.39, 0.29) is 11.8 Å². The zero-order valence-corrected chi connectivity index (χ0v) is 13.1. The van der Waals surface area contributed by atoms with Gasteiger partial charge in [0.2, 0.25) is 5.91 Å². The second-order valence-corrected chi connectivity index (χ2v) is 5.85. The summed E-state index contributed by atoms with van der Waals surface area (Å²) in [5.41, 5.74) is 1.03. The van der Waals surface area contributed by atoms with Crippen LogP contribution in [0.5, 0.6) is 0 Å². The SMILES string of the molecule is CCC1(C)NC(=O)CCN(c2cccc(N(C)C)c2)C1=O. The highest BCUT2D eigenvalue weighted by molar-refractivity contribution is 6.04. The first-order chi connectivity index (χ1) is 9.87. The van der Waals surface area contributed by atoms with Crippen molar-refractivity contribution in [3.8, 4) is 0 Å². The molecule has 0 bridgehead atoms. The van der Waals surface area contributed by atoms with Gasteiger partial charge in [0, 0.05) is 38.4 Å². The molecule has 5 heteroatoms. The van der Waals surface area contributed by atoms with Crippen LogP contribution in [0.1, 0.15) is 26.7 Å². The molecule has 0 aromatic heterocycles. The molecule has 1 unspecified atom stereocenters. The van der Waals surface area contributed by atoms with Crippen LogP contribution in [0.3, 0.4) is 0 Å². The molecule has 1 heterocycles. The average molecular weight is 289 g/mol. The fourth-order valence-electron chi connectivity index (χ4n) is 2.46. The highest BCUT2D eigenvalue weighted by atomic mass is 16.2. The topological polar surface area (TPSA) is 52.7 Å². The average Bonchev–Trinajstić information content (AvgIpc) is 2.57. The monoisotopic (exact) mass is 289 g/mol. The molecule has 1 fully saturated rings. The molecule has 1 aromatic carbocycles. The summed E-state index contributed by atoms with van der Waals surface area (Å²) in [6.45, 7) is 4.12. The van der Waals surface area contributed by atoms with E-state index in [1.54, 1.807) is 11.8 Å². The summed E-state index contributed by atoms with van der Waals surface area (Å²) in [7, 11) is 3.93. The Labute approximate surface area is 125 Å². The van der Waals surface area contributed by atoms with Crippen LogP contribution in [0.4, 0.5) is 11.4 Å². The summed E-state index contributed by atoms with van der Waals surface area (Å²) < 4.78 is 0. The van der Waals surface area contributed by atoms with Gasteiger partial charge in [-0.05, 0) is 31.5 Å². The van der Waals surface area contributed by atoms with Gasteiger partial charge in [0.1, 0.15) is 5.54 Å². The number of amides is 2. The van der Waals surface area contributed by atoms with Crippen molar-refractivity contribution >= 4 is 23.2 Å². The van der Waals surface area contributed by atoms with Crippen molar-refractivity contribution in [3.05, 3.63) is 24.3 Å². The van der Waals surface area contributed by atoms with Crippen molar-refractivity contribution in [1.82, 2.24) is 5.32 Å². The molecule has 1 aliphatic heterocycles. The molecule has 5 nitrogen and oxygen atoms in total. The number of carbonyl (C=O) groups excluding carboxylic acids is 2. The van der Waals surface area contributed by atoms with Gasteiger partial charge in [-0.2, -0.15) is 0 Å². The lowest BCUT2D eigenvalue weighted by Gasteiger charge is -2.31. The van der Waals surface area contributed by atoms with Crippen LogP contribution in [-0.4, -0.2) is 38.0 Å². The largest absolute Gasteiger partial charge is 0.378 e. The summed E-state index contributed by atoms with van der Waals surface area (Å²) in [4.78, 5) is 28.4. The smallest absolute Gasteiger partial charge is 0.252 e. The van der Waals surface area contributed by atoms with Crippen LogP contribution in [0.25, 0.3) is 0 Å². The van der Waals surface area contributed by atoms with E-state index in [1.165, 1.54) is 0 Å². The normalized spacial score (nSPS) is 22.8. The summed E-state index contributed by atoms with van der Waals surface area (Å²) in [5.74, 6) is -0.120. The Bertz CT molecular complexity index is 556. The first kappa shape index (κ1) is 15.4. The Morgan fingerprint density at radius 3 is 2.67 bits per heavy atom. The first-order valence-corrected chi connectivity index (χ1v) is 7.28. The highest BCUT2D eigenvalue weighted by Gasteiger charge is 2.39. The fourth-order valence-corrected chi connectivity index (χ4v) is 2.46. The third-order valence-corrected chi connectivity index (χ3v) is 4.06. The molecule has 114 valence electrons. The molecular weight excluding hydrogens is 266 g/mol. The van der Waals surface area contributed by atoms with Crippen LogP contribution in [0.15, 0.2) is 24.3 Å². The molecule has 0 radical (unpaired) electrons. The molecule has 0 aliphatic carbocycles. The molecule has 2 rings (SSSR count). The number of rotatable bonds is 3. The maximum Gasteiger partial charge on any atom is 0.252 e. The van der Waals surface area contributed by atoms with E-state index in [2.05, 4.69) is 5.32 Å². The van der Waals surface area contributed by atoms with Gasteiger partial charge in [-0.25, -0.2) is 0 Å². The summed E-state index contributed by atoms with van der Waals surface area (Å²) in [6, 6.07) is 7.82. The minimum atomic E-state index is -0.832. The van der Waals surface area contributed by atoms with Crippen LogP contribution < -0.4 is 15.1 Å². The standard InChI is InChI=1S/C16H23N3O2/c1-5-16(2)15(21)19(10-9-14(20)17-16)13-8-6-7-12(11-13)18(3)4/h6-8,11H,5,9-10H2,1-4H3,(H,17,20). The number of benzene rings is 1.